The van der Waals surface area contributed by atoms with Crippen molar-refractivity contribution in [3.63, 3.8) is 0 Å². The first-order valence-corrected chi connectivity index (χ1v) is 8.23. The third kappa shape index (κ3) is 5.32. The number of ether oxygens (including phenoxy) is 1. The maximum absolute atomic E-state index is 5.50. The van der Waals surface area contributed by atoms with Gasteiger partial charge in [-0.25, -0.2) is 0 Å². The molecule has 2 aliphatic heterocycles. The first-order valence-electron chi connectivity index (χ1n) is 8.23. The Morgan fingerprint density at radius 1 is 1.26 bits per heavy atom. The molecule has 0 bridgehead atoms. The van der Waals surface area contributed by atoms with Crippen molar-refractivity contribution < 1.29 is 4.74 Å². The molecule has 128 valence electrons. The molecule has 1 unspecified atom stereocenters. The van der Waals surface area contributed by atoms with Crippen molar-refractivity contribution in [2.24, 2.45) is 4.99 Å². The highest BCUT2D eigenvalue weighted by Crippen LogP contribution is 2.21. The Morgan fingerprint density at radius 3 is 2.65 bits per heavy atom. The summed E-state index contributed by atoms with van der Waals surface area (Å²) in [6.45, 7) is 8.55. The van der Waals surface area contributed by atoms with Crippen molar-refractivity contribution in [3.8, 4) is 0 Å². The van der Waals surface area contributed by atoms with E-state index in [1.165, 1.54) is 11.1 Å². The summed E-state index contributed by atoms with van der Waals surface area (Å²) in [6, 6.07) is 9.23. The van der Waals surface area contributed by atoms with E-state index < -0.39 is 0 Å². The lowest BCUT2D eigenvalue weighted by molar-refractivity contribution is 0.0170. The largest absolute Gasteiger partial charge is 0.379 e. The van der Waals surface area contributed by atoms with Crippen molar-refractivity contribution in [3.05, 3.63) is 35.4 Å². The number of aryl methyl sites for hydroxylation is 1. The predicted octanol–water partition coefficient (Wildman–Crippen LogP) is 1.93. The number of morpholine rings is 1. The predicted molar refractivity (Wildman–Crippen MR) is 105 cm³/mol. The zero-order valence-electron chi connectivity index (χ0n) is 13.8. The van der Waals surface area contributed by atoms with E-state index in [4.69, 9.17) is 4.74 Å². The zero-order chi connectivity index (χ0) is 15.2. The number of guanidine groups is 1. The molecule has 1 atom stereocenters. The Bertz CT molecular complexity index is 500. The molecule has 1 aromatic rings. The molecule has 2 aliphatic rings. The highest BCUT2D eigenvalue weighted by atomic mass is 127. The van der Waals surface area contributed by atoms with Crippen molar-refractivity contribution in [1.29, 1.82) is 0 Å². The molecule has 3 rings (SSSR count). The quantitative estimate of drug-likeness (QED) is 0.717. The second-order valence-electron chi connectivity index (χ2n) is 5.97. The van der Waals surface area contributed by atoms with Crippen molar-refractivity contribution in [2.45, 2.75) is 19.4 Å². The molecule has 0 aromatic heterocycles. The summed E-state index contributed by atoms with van der Waals surface area (Å²) in [6.07, 6.45) is 1.12. The molecule has 0 spiro atoms. The summed E-state index contributed by atoms with van der Waals surface area (Å²) in [5, 5.41) is 6.82. The molecule has 1 fully saturated rings. The number of nitrogens with zero attached hydrogens (tertiary/aromatic N) is 2. The van der Waals surface area contributed by atoms with Gasteiger partial charge in [0.2, 0.25) is 0 Å². The number of nitrogens with one attached hydrogen (secondary N) is 2. The molecule has 0 saturated carbocycles. The Balaban J connectivity index is 0.00000192. The molecule has 6 heteroatoms. The molecule has 2 N–H and O–H groups in total. The third-order valence-electron chi connectivity index (χ3n) is 4.31. The van der Waals surface area contributed by atoms with Gasteiger partial charge in [-0.05, 0) is 18.9 Å². The van der Waals surface area contributed by atoms with E-state index >= 15 is 0 Å². The highest BCUT2D eigenvalue weighted by molar-refractivity contribution is 14.0. The van der Waals surface area contributed by atoms with Gasteiger partial charge >= 0.3 is 0 Å². The van der Waals surface area contributed by atoms with Gasteiger partial charge < -0.3 is 15.4 Å². The minimum atomic E-state index is 0. The van der Waals surface area contributed by atoms with Gasteiger partial charge in [0.05, 0.1) is 19.3 Å². The van der Waals surface area contributed by atoms with Crippen LogP contribution in [0, 0.1) is 6.92 Å². The summed E-state index contributed by atoms with van der Waals surface area (Å²) in [5.74, 6) is 0.941. The average molecular weight is 430 g/mol. The second-order valence-corrected chi connectivity index (χ2v) is 5.97. The fraction of sp³-hybridized carbons (Fsp3) is 0.588. The normalized spacial score (nSPS) is 20.0. The van der Waals surface area contributed by atoms with Crippen LogP contribution in [-0.2, 0) is 4.74 Å². The molecule has 0 amide bonds. The van der Waals surface area contributed by atoms with Crippen LogP contribution >= 0.6 is 24.0 Å². The second kappa shape index (κ2) is 9.44. The average Bonchev–Trinajstić information content (AvgIpc) is 2.58. The molecule has 1 saturated heterocycles. The van der Waals surface area contributed by atoms with Crippen LogP contribution in [0.4, 0.5) is 0 Å². The molecule has 0 radical (unpaired) electrons. The number of hydrogen-bond donors (Lipinski definition) is 2. The number of rotatable bonds is 4. The SMILES string of the molecule is Cc1ccc(C(CNC2=NCCCN2)N2CCOCC2)cc1.I. The first-order chi connectivity index (χ1) is 10.8. The number of benzene rings is 1. The lowest BCUT2D eigenvalue weighted by Crippen LogP contribution is -2.47. The summed E-state index contributed by atoms with van der Waals surface area (Å²) in [4.78, 5) is 7.01. The molecule has 0 aliphatic carbocycles. The number of hydrogen-bond acceptors (Lipinski definition) is 5. The molecule has 2 heterocycles. The Morgan fingerprint density at radius 2 is 2.00 bits per heavy atom. The monoisotopic (exact) mass is 430 g/mol. The van der Waals surface area contributed by atoms with Crippen LogP contribution in [-0.4, -0.2) is 56.8 Å². The van der Waals surface area contributed by atoms with Crippen LogP contribution in [0.15, 0.2) is 29.3 Å². The van der Waals surface area contributed by atoms with Crippen LogP contribution in [0.2, 0.25) is 0 Å². The minimum Gasteiger partial charge on any atom is -0.379 e. The Hall–Kier alpha value is -0.860. The van der Waals surface area contributed by atoms with Gasteiger partial charge in [-0.3, -0.25) is 9.89 Å². The lowest BCUT2D eigenvalue weighted by Gasteiger charge is -2.35. The van der Waals surface area contributed by atoms with E-state index in [2.05, 4.69) is 51.7 Å². The van der Waals surface area contributed by atoms with E-state index in [0.717, 1.165) is 58.3 Å². The number of aliphatic imine (C=N–C) groups is 1. The zero-order valence-corrected chi connectivity index (χ0v) is 16.1. The van der Waals surface area contributed by atoms with Gasteiger partial charge in [0.25, 0.3) is 0 Å². The topological polar surface area (TPSA) is 48.9 Å². The van der Waals surface area contributed by atoms with Gasteiger partial charge in [0.15, 0.2) is 5.96 Å². The molecule has 23 heavy (non-hydrogen) atoms. The van der Waals surface area contributed by atoms with E-state index in [1.54, 1.807) is 0 Å². The van der Waals surface area contributed by atoms with E-state index in [-0.39, 0.29) is 24.0 Å². The molecular weight excluding hydrogens is 403 g/mol. The minimum absolute atomic E-state index is 0. The maximum atomic E-state index is 5.50. The molecular formula is C17H27IN4O. The van der Waals surface area contributed by atoms with E-state index in [0.29, 0.717) is 6.04 Å². The molecule has 5 nitrogen and oxygen atoms in total. The summed E-state index contributed by atoms with van der Waals surface area (Å²) < 4.78 is 5.50. The first kappa shape index (κ1) is 18.5. The summed E-state index contributed by atoms with van der Waals surface area (Å²) in [5.41, 5.74) is 2.66. The fourth-order valence-electron chi connectivity index (χ4n) is 2.98. The maximum Gasteiger partial charge on any atom is 0.191 e. The summed E-state index contributed by atoms with van der Waals surface area (Å²) >= 11 is 0. The van der Waals surface area contributed by atoms with Crippen LogP contribution < -0.4 is 10.6 Å². The van der Waals surface area contributed by atoms with E-state index in [1.807, 2.05) is 0 Å². The van der Waals surface area contributed by atoms with Gasteiger partial charge in [-0.15, -0.1) is 24.0 Å². The smallest absolute Gasteiger partial charge is 0.191 e. The Kier molecular flexibility index (Phi) is 7.58. The number of halogens is 1. The lowest BCUT2D eigenvalue weighted by atomic mass is 10.0. The van der Waals surface area contributed by atoms with Crippen molar-refractivity contribution in [1.82, 2.24) is 15.5 Å². The van der Waals surface area contributed by atoms with Crippen molar-refractivity contribution >= 4 is 29.9 Å². The fourth-order valence-corrected chi connectivity index (χ4v) is 2.98. The highest BCUT2D eigenvalue weighted by Gasteiger charge is 2.23. The molecule has 1 aromatic carbocycles. The van der Waals surface area contributed by atoms with Gasteiger partial charge in [0, 0.05) is 32.7 Å². The Labute approximate surface area is 155 Å². The third-order valence-corrected chi connectivity index (χ3v) is 4.31. The van der Waals surface area contributed by atoms with Crippen LogP contribution in [0.25, 0.3) is 0 Å². The summed E-state index contributed by atoms with van der Waals surface area (Å²) in [7, 11) is 0. The van der Waals surface area contributed by atoms with Crippen LogP contribution in [0.1, 0.15) is 23.6 Å². The van der Waals surface area contributed by atoms with Gasteiger partial charge in [-0.2, -0.15) is 0 Å². The van der Waals surface area contributed by atoms with Crippen LogP contribution in [0.3, 0.4) is 0 Å². The van der Waals surface area contributed by atoms with Gasteiger partial charge in [-0.1, -0.05) is 29.8 Å². The van der Waals surface area contributed by atoms with Crippen molar-refractivity contribution in [2.75, 3.05) is 45.9 Å². The standard InChI is InChI=1S/C17H26N4O.HI/c1-14-3-5-15(6-4-14)16(21-9-11-22-12-10-21)13-20-17-18-7-2-8-19-17;/h3-6,16H,2,7-13H2,1H3,(H2,18,19,20);1H. The van der Waals surface area contributed by atoms with Crippen LogP contribution in [0.5, 0.6) is 0 Å². The van der Waals surface area contributed by atoms with Gasteiger partial charge in [0.1, 0.15) is 0 Å². The van der Waals surface area contributed by atoms with E-state index in [9.17, 15) is 0 Å².